The Morgan fingerprint density at radius 1 is 1.22 bits per heavy atom. The van der Waals surface area contributed by atoms with Crippen LogP contribution >= 0.6 is 12.4 Å². The van der Waals surface area contributed by atoms with Crippen molar-refractivity contribution in [3.05, 3.63) is 0 Å². The van der Waals surface area contributed by atoms with Gasteiger partial charge in [0.2, 0.25) is 0 Å². The summed E-state index contributed by atoms with van der Waals surface area (Å²) in [4.78, 5) is 5.04. The van der Waals surface area contributed by atoms with E-state index in [0.717, 1.165) is 25.7 Å². The highest BCUT2D eigenvalue weighted by Crippen LogP contribution is 2.29. The predicted octanol–water partition coefficient (Wildman–Crippen LogP) is 0.791. The molecule has 2 saturated heterocycles. The normalized spacial score (nSPS) is 35.0. The van der Waals surface area contributed by atoms with Gasteiger partial charge in [-0.3, -0.25) is 4.90 Å². The molecule has 1 aliphatic carbocycles. The Labute approximate surface area is 147 Å². The van der Waals surface area contributed by atoms with Crippen molar-refractivity contribution in [3.8, 4) is 0 Å². The molecule has 6 heteroatoms. The number of hydrogen-bond acceptors (Lipinski definition) is 5. The summed E-state index contributed by atoms with van der Waals surface area (Å²) >= 11 is 0. The molecule has 3 aliphatic rings. The van der Waals surface area contributed by atoms with Gasteiger partial charge >= 0.3 is 0 Å². The van der Waals surface area contributed by atoms with Crippen LogP contribution in [0.1, 0.15) is 26.2 Å². The molecular formula is C17H35ClN4O. The van der Waals surface area contributed by atoms with Crippen molar-refractivity contribution in [1.29, 1.82) is 0 Å². The van der Waals surface area contributed by atoms with Gasteiger partial charge in [-0.05, 0) is 32.7 Å². The van der Waals surface area contributed by atoms with Gasteiger partial charge in [0, 0.05) is 57.4 Å². The molecule has 136 valence electrons. The van der Waals surface area contributed by atoms with E-state index in [1.54, 1.807) is 0 Å². The van der Waals surface area contributed by atoms with Crippen molar-refractivity contribution in [1.82, 2.24) is 20.4 Å². The Kier molecular flexibility index (Phi) is 8.05. The summed E-state index contributed by atoms with van der Waals surface area (Å²) in [5.74, 6) is 0.746. The van der Waals surface area contributed by atoms with Crippen LogP contribution in [0.5, 0.6) is 0 Å². The van der Waals surface area contributed by atoms with Crippen LogP contribution in [-0.2, 0) is 4.74 Å². The molecule has 23 heavy (non-hydrogen) atoms. The Balaban J connectivity index is 0.00000192. The third-order valence-corrected chi connectivity index (χ3v) is 5.66. The fourth-order valence-corrected chi connectivity index (χ4v) is 4.37. The van der Waals surface area contributed by atoms with Crippen LogP contribution in [0.25, 0.3) is 0 Å². The van der Waals surface area contributed by atoms with E-state index in [4.69, 9.17) is 4.74 Å². The number of likely N-dealkylation sites (N-methyl/N-ethyl adjacent to an activating group) is 1. The number of morpholine rings is 1. The Hall–Kier alpha value is 0.0900. The molecule has 0 aromatic rings. The van der Waals surface area contributed by atoms with Crippen molar-refractivity contribution in [3.63, 3.8) is 0 Å². The second-order valence-electron chi connectivity index (χ2n) is 7.51. The number of rotatable bonds is 5. The second kappa shape index (κ2) is 9.54. The number of hydrogen-bond donors (Lipinski definition) is 2. The number of piperazine rings is 1. The Morgan fingerprint density at radius 2 is 2.00 bits per heavy atom. The summed E-state index contributed by atoms with van der Waals surface area (Å²) in [6.07, 6.45) is 4.04. The van der Waals surface area contributed by atoms with E-state index < -0.39 is 0 Å². The first kappa shape index (κ1) is 19.4. The van der Waals surface area contributed by atoms with E-state index in [0.29, 0.717) is 18.1 Å². The summed E-state index contributed by atoms with van der Waals surface area (Å²) in [6, 6.07) is 1.81. The maximum atomic E-state index is 5.68. The van der Waals surface area contributed by atoms with Crippen LogP contribution in [0.2, 0.25) is 0 Å². The standard InChI is InChI=1S/C17H34N4O.ClH/c1-14(12-21-9-7-20(2)8-10-21)19-16-5-3-4-15(16)17-13-22-11-6-18-17;/h14-19H,3-13H2,1-2H3;1H. The first-order valence-corrected chi connectivity index (χ1v) is 9.20. The summed E-state index contributed by atoms with van der Waals surface area (Å²) < 4.78 is 5.68. The predicted molar refractivity (Wildman–Crippen MR) is 97.5 cm³/mol. The van der Waals surface area contributed by atoms with Crippen LogP contribution in [-0.4, -0.2) is 87.5 Å². The van der Waals surface area contributed by atoms with Crippen LogP contribution in [0, 0.1) is 5.92 Å². The molecule has 4 unspecified atom stereocenters. The summed E-state index contributed by atoms with van der Waals surface area (Å²) in [5.41, 5.74) is 0. The molecule has 4 atom stereocenters. The zero-order chi connectivity index (χ0) is 15.4. The van der Waals surface area contributed by atoms with Gasteiger partial charge in [0.1, 0.15) is 0 Å². The van der Waals surface area contributed by atoms with Crippen molar-refractivity contribution >= 4 is 12.4 Å². The molecule has 3 fully saturated rings. The Morgan fingerprint density at radius 3 is 2.70 bits per heavy atom. The molecule has 0 radical (unpaired) electrons. The molecule has 5 nitrogen and oxygen atoms in total. The van der Waals surface area contributed by atoms with Gasteiger partial charge in [0.25, 0.3) is 0 Å². The van der Waals surface area contributed by atoms with Gasteiger partial charge < -0.3 is 20.3 Å². The van der Waals surface area contributed by atoms with E-state index in [2.05, 4.69) is 34.4 Å². The summed E-state index contributed by atoms with van der Waals surface area (Å²) in [5, 5.41) is 7.60. The first-order chi connectivity index (χ1) is 10.7. The lowest BCUT2D eigenvalue weighted by Crippen LogP contribution is -2.54. The largest absolute Gasteiger partial charge is 0.379 e. The molecule has 0 aromatic heterocycles. The average Bonchev–Trinajstić information content (AvgIpc) is 2.98. The number of halogens is 1. The molecule has 2 heterocycles. The second-order valence-corrected chi connectivity index (χ2v) is 7.51. The van der Waals surface area contributed by atoms with Crippen molar-refractivity contribution < 1.29 is 4.74 Å². The van der Waals surface area contributed by atoms with E-state index >= 15 is 0 Å². The van der Waals surface area contributed by atoms with Crippen LogP contribution in [0.15, 0.2) is 0 Å². The molecule has 2 aliphatic heterocycles. The van der Waals surface area contributed by atoms with Crippen molar-refractivity contribution in [2.24, 2.45) is 5.92 Å². The zero-order valence-electron chi connectivity index (χ0n) is 14.8. The van der Waals surface area contributed by atoms with Crippen LogP contribution in [0.4, 0.5) is 0 Å². The fourth-order valence-electron chi connectivity index (χ4n) is 4.37. The highest BCUT2D eigenvalue weighted by Gasteiger charge is 2.35. The molecular weight excluding hydrogens is 312 g/mol. The lowest BCUT2D eigenvalue weighted by molar-refractivity contribution is 0.0510. The molecule has 0 aromatic carbocycles. The smallest absolute Gasteiger partial charge is 0.0623 e. The van der Waals surface area contributed by atoms with Crippen molar-refractivity contribution in [2.45, 2.75) is 44.3 Å². The number of nitrogens with zero attached hydrogens (tertiary/aromatic N) is 2. The van der Waals surface area contributed by atoms with Crippen LogP contribution in [0.3, 0.4) is 0 Å². The maximum Gasteiger partial charge on any atom is 0.0623 e. The highest BCUT2D eigenvalue weighted by atomic mass is 35.5. The van der Waals surface area contributed by atoms with Gasteiger partial charge in [-0.25, -0.2) is 0 Å². The summed E-state index contributed by atoms with van der Waals surface area (Å²) in [7, 11) is 2.22. The molecule has 0 bridgehead atoms. The van der Waals surface area contributed by atoms with E-state index in [1.807, 2.05) is 0 Å². The zero-order valence-corrected chi connectivity index (χ0v) is 15.6. The van der Waals surface area contributed by atoms with Gasteiger partial charge in [0.05, 0.1) is 13.2 Å². The van der Waals surface area contributed by atoms with Gasteiger partial charge in [-0.1, -0.05) is 6.42 Å². The van der Waals surface area contributed by atoms with E-state index in [-0.39, 0.29) is 12.4 Å². The van der Waals surface area contributed by atoms with Crippen LogP contribution < -0.4 is 10.6 Å². The highest BCUT2D eigenvalue weighted by molar-refractivity contribution is 5.85. The molecule has 0 spiro atoms. The Bertz CT molecular complexity index is 333. The number of ether oxygens (including phenoxy) is 1. The third kappa shape index (κ3) is 5.55. The minimum absolute atomic E-state index is 0. The fraction of sp³-hybridized carbons (Fsp3) is 1.00. The van der Waals surface area contributed by atoms with Gasteiger partial charge in [-0.15, -0.1) is 12.4 Å². The SMILES string of the molecule is CC(CN1CCN(C)CC1)NC1CCCC1C1COCCN1.Cl. The average molecular weight is 347 g/mol. The molecule has 2 N–H and O–H groups in total. The van der Waals surface area contributed by atoms with E-state index in [9.17, 15) is 0 Å². The minimum Gasteiger partial charge on any atom is -0.379 e. The lowest BCUT2D eigenvalue weighted by atomic mass is 9.93. The lowest BCUT2D eigenvalue weighted by Gasteiger charge is -2.37. The van der Waals surface area contributed by atoms with Crippen molar-refractivity contribution in [2.75, 3.05) is 59.5 Å². The first-order valence-electron chi connectivity index (χ1n) is 9.20. The topological polar surface area (TPSA) is 39.8 Å². The van der Waals surface area contributed by atoms with Gasteiger partial charge in [-0.2, -0.15) is 0 Å². The minimum atomic E-state index is 0. The quantitative estimate of drug-likeness (QED) is 0.770. The summed E-state index contributed by atoms with van der Waals surface area (Å²) in [6.45, 7) is 11.2. The third-order valence-electron chi connectivity index (χ3n) is 5.66. The monoisotopic (exact) mass is 346 g/mol. The molecule has 1 saturated carbocycles. The maximum absolute atomic E-state index is 5.68. The van der Waals surface area contributed by atoms with E-state index in [1.165, 1.54) is 52.0 Å². The molecule has 0 amide bonds. The number of nitrogens with one attached hydrogen (secondary N) is 2. The van der Waals surface area contributed by atoms with Gasteiger partial charge in [0.15, 0.2) is 0 Å². The molecule has 3 rings (SSSR count).